The first kappa shape index (κ1) is 24.4. The molecule has 1 aromatic rings. The van der Waals surface area contributed by atoms with E-state index < -0.39 is 11.8 Å². The van der Waals surface area contributed by atoms with E-state index in [1.807, 2.05) is 0 Å². The Labute approximate surface area is 213 Å². The van der Waals surface area contributed by atoms with E-state index in [9.17, 15) is 14.3 Å². The van der Waals surface area contributed by atoms with Gasteiger partial charge in [0, 0.05) is 28.7 Å². The molecule has 0 amide bonds. The quantitative estimate of drug-likeness (QED) is 0.463. The third kappa shape index (κ3) is 3.50. The molecule has 2 unspecified atom stereocenters. The number of ether oxygens (including phenoxy) is 3. The second-order valence-electron chi connectivity index (χ2n) is 12.6. The number of benzene rings is 1. The molecule has 196 valence electrons. The largest absolute Gasteiger partial charge is 0.492 e. The van der Waals surface area contributed by atoms with Crippen LogP contribution in [-0.4, -0.2) is 36.7 Å². The van der Waals surface area contributed by atoms with Crippen molar-refractivity contribution in [2.75, 3.05) is 13.2 Å². The molecule has 5 aliphatic rings. The van der Waals surface area contributed by atoms with Gasteiger partial charge in [-0.1, -0.05) is 38.8 Å². The van der Waals surface area contributed by atoms with Gasteiger partial charge in [0.25, 0.3) is 0 Å². The highest BCUT2D eigenvalue weighted by Gasteiger charge is 2.73. The zero-order chi connectivity index (χ0) is 25.3. The molecule has 6 heteroatoms. The Morgan fingerprint density at radius 2 is 2.00 bits per heavy atom. The molecular weight excluding hydrogens is 459 g/mol. The number of rotatable bonds is 5. The fourth-order valence-electron chi connectivity index (χ4n) is 9.02. The topological polar surface area (TPSA) is 65.0 Å². The van der Waals surface area contributed by atoms with E-state index in [1.165, 1.54) is 43.4 Å². The van der Waals surface area contributed by atoms with E-state index in [0.717, 1.165) is 44.8 Å². The summed E-state index contributed by atoms with van der Waals surface area (Å²) in [6, 6.07) is 3.62. The molecule has 1 N–H and O–H groups in total. The maximum Gasteiger partial charge on any atom is 0.339 e. The minimum Gasteiger partial charge on any atom is -0.492 e. The lowest BCUT2D eigenvalue weighted by molar-refractivity contribution is -0.317. The molecule has 6 rings (SSSR count). The molecule has 5 fully saturated rings. The van der Waals surface area contributed by atoms with Crippen LogP contribution in [0, 0.1) is 39.8 Å². The summed E-state index contributed by atoms with van der Waals surface area (Å²) in [4.78, 5) is 11.6. The molecule has 4 aliphatic carbocycles. The fraction of sp³-hybridized carbons (Fsp3) is 0.700. The summed E-state index contributed by atoms with van der Waals surface area (Å²) in [6.45, 7) is 10.5. The number of carboxylic acids is 1. The molecule has 4 saturated carbocycles. The summed E-state index contributed by atoms with van der Waals surface area (Å²) >= 11 is 0. The van der Waals surface area contributed by atoms with Gasteiger partial charge in [0.15, 0.2) is 6.29 Å². The first-order valence-electron chi connectivity index (χ1n) is 13.8. The number of carbonyl (C=O) groups is 1. The second kappa shape index (κ2) is 8.56. The Hall–Kier alpha value is -1.92. The fourth-order valence-corrected chi connectivity index (χ4v) is 9.02. The second-order valence-corrected chi connectivity index (χ2v) is 12.6. The molecule has 5 nitrogen and oxygen atoms in total. The van der Waals surface area contributed by atoms with Crippen LogP contribution in [0.15, 0.2) is 30.4 Å². The van der Waals surface area contributed by atoms with Gasteiger partial charge in [0.1, 0.15) is 17.1 Å². The summed E-state index contributed by atoms with van der Waals surface area (Å²) in [5.41, 5.74) is 1.31. The summed E-state index contributed by atoms with van der Waals surface area (Å²) in [6.07, 6.45) is 10.4. The summed E-state index contributed by atoms with van der Waals surface area (Å²) < 4.78 is 33.0. The van der Waals surface area contributed by atoms with E-state index in [4.69, 9.17) is 14.2 Å². The Balaban J connectivity index is 1.21. The van der Waals surface area contributed by atoms with Crippen LogP contribution < -0.4 is 4.74 Å². The van der Waals surface area contributed by atoms with Gasteiger partial charge in [0.2, 0.25) is 0 Å². The highest BCUT2D eigenvalue weighted by Crippen LogP contribution is 2.78. The average molecular weight is 499 g/mol. The number of carboxylic acid groups (broad SMARTS) is 1. The maximum atomic E-state index is 13.9. The molecule has 36 heavy (non-hydrogen) atoms. The number of hydrogen-bond donors (Lipinski definition) is 1. The smallest absolute Gasteiger partial charge is 0.339 e. The molecule has 1 saturated heterocycles. The Morgan fingerprint density at radius 1 is 1.22 bits per heavy atom. The Bertz CT molecular complexity index is 1070. The van der Waals surface area contributed by atoms with Crippen LogP contribution in [0.3, 0.4) is 0 Å². The van der Waals surface area contributed by atoms with Gasteiger partial charge < -0.3 is 19.3 Å². The Kier molecular flexibility index (Phi) is 5.80. The minimum absolute atomic E-state index is 0.000927. The maximum absolute atomic E-state index is 13.9. The van der Waals surface area contributed by atoms with Crippen molar-refractivity contribution in [3.63, 3.8) is 0 Å². The van der Waals surface area contributed by atoms with Gasteiger partial charge in [-0.15, -0.1) is 0 Å². The van der Waals surface area contributed by atoms with E-state index in [2.05, 4.69) is 20.4 Å². The van der Waals surface area contributed by atoms with E-state index in [0.29, 0.717) is 18.4 Å². The lowest BCUT2D eigenvalue weighted by atomic mass is 9.44. The zero-order valence-corrected chi connectivity index (χ0v) is 21.6. The monoisotopic (exact) mass is 498 g/mol. The minimum atomic E-state index is -1.11. The van der Waals surface area contributed by atoms with Crippen LogP contribution in [-0.2, 0) is 9.47 Å². The molecule has 7 atom stereocenters. The van der Waals surface area contributed by atoms with Gasteiger partial charge in [-0.25, -0.2) is 9.18 Å². The molecule has 0 radical (unpaired) electrons. The van der Waals surface area contributed by atoms with Crippen LogP contribution in [0.4, 0.5) is 4.39 Å². The summed E-state index contributed by atoms with van der Waals surface area (Å²) in [7, 11) is 0. The van der Waals surface area contributed by atoms with Crippen LogP contribution >= 0.6 is 0 Å². The summed E-state index contributed by atoms with van der Waals surface area (Å²) in [5, 5.41) is 9.50. The van der Waals surface area contributed by atoms with E-state index in [1.54, 1.807) is 0 Å². The molecule has 1 spiro atoms. The van der Waals surface area contributed by atoms with Crippen molar-refractivity contribution < 1.29 is 28.5 Å². The van der Waals surface area contributed by atoms with Gasteiger partial charge in [-0.2, -0.15) is 0 Å². The van der Waals surface area contributed by atoms with Crippen LogP contribution in [0.25, 0.3) is 0 Å². The lowest BCUT2D eigenvalue weighted by Gasteiger charge is -2.63. The highest BCUT2D eigenvalue weighted by molar-refractivity contribution is 5.90. The number of allylic oxidation sites excluding steroid dienone is 1. The van der Waals surface area contributed by atoms with Crippen molar-refractivity contribution in [3.05, 3.63) is 41.7 Å². The van der Waals surface area contributed by atoms with Gasteiger partial charge in [0.05, 0.1) is 19.3 Å². The highest BCUT2D eigenvalue weighted by atomic mass is 19.1. The van der Waals surface area contributed by atoms with Crippen molar-refractivity contribution in [1.29, 1.82) is 0 Å². The number of fused-ring (bicyclic) bond motifs is 4. The molecule has 1 heterocycles. The zero-order valence-electron chi connectivity index (χ0n) is 21.6. The van der Waals surface area contributed by atoms with Crippen molar-refractivity contribution in [2.24, 2.45) is 34.0 Å². The van der Waals surface area contributed by atoms with Crippen LogP contribution in [0.2, 0.25) is 0 Å². The van der Waals surface area contributed by atoms with Gasteiger partial charge >= 0.3 is 5.97 Å². The molecular formula is C30H39FO5. The van der Waals surface area contributed by atoms with Crippen molar-refractivity contribution in [3.8, 4) is 5.75 Å². The average Bonchev–Trinajstić information content (AvgIpc) is 3.32. The van der Waals surface area contributed by atoms with E-state index >= 15 is 0 Å². The lowest BCUT2D eigenvalue weighted by Crippen LogP contribution is -2.62. The van der Waals surface area contributed by atoms with Crippen LogP contribution in [0.1, 0.15) is 82.0 Å². The molecule has 1 aromatic carbocycles. The third-order valence-electron chi connectivity index (χ3n) is 11.0. The first-order chi connectivity index (χ1) is 17.2. The number of hydrogen-bond acceptors (Lipinski definition) is 4. The number of aromatic carboxylic acids is 1. The van der Waals surface area contributed by atoms with Crippen molar-refractivity contribution >= 4 is 5.97 Å². The van der Waals surface area contributed by atoms with Gasteiger partial charge in [-0.3, -0.25) is 0 Å². The first-order valence-corrected chi connectivity index (χ1v) is 13.8. The summed E-state index contributed by atoms with van der Waals surface area (Å²) in [5.74, 6) is -0.232. The van der Waals surface area contributed by atoms with Crippen molar-refractivity contribution in [1.82, 2.24) is 0 Å². The Morgan fingerprint density at radius 3 is 2.75 bits per heavy atom. The molecule has 1 aliphatic heterocycles. The predicted molar refractivity (Wildman–Crippen MR) is 133 cm³/mol. The van der Waals surface area contributed by atoms with Gasteiger partial charge in [-0.05, 0) is 68.4 Å². The van der Waals surface area contributed by atoms with Crippen LogP contribution in [0.5, 0.6) is 5.75 Å². The normalized spacial score (nSPS) is 42.1. The standard InChI is InChI=1S/C30H39FO5/c1-18-8-11-24-28(2)17-35-27(19-6-4-5-7-19)36-25(28)12-13-29(24,3)30(18)15-20(30)16-34-23-14-21(31)9-10-22(23)26(32)33/h9-10,14,19-20,24-25,27H,1,4-8,11-13,15-17H2,2-3H3,(H,32,33)/t20-,24?,25+,27+,28-,29+,30?/m0/s1. The predicted octanol–water partition coefficient (Wildman–Crippen LogP) is 6.61. The van der Waals surface area contributed by atoms with E-state index in [-0.39, 0.29) is 45.9 Å². The third-order valence-corrected chi connectivity index (χ3v) is 11.0. The van der Waals surface area contributed by atoms with Crippen molar-refractivity contribution in [2.45, 2.75) is 84.0 Å². The molecule has 0 aromatic heterocycles. The SMILES string of the molecule is C=C1CCC2[C@]3(C)CO[C@@H](C4CCCC4)O[C@@H]3CC[C@@]2(C)C12C[C@H]2COc1cc(F)ccc1C(=O)O. The molecule has 0 bridgehead atoms. The number of halogens is 1.